The van der Waals surface area contributed by atoms with Gasteiger partial charge in [-0.3, -0.25) is 9.59 Å². The maximum absolute atomic E-state index is 10.6. The van der Waals surface area contributed by atoms with Gasteiger partial charge in [0, 0.05) is 0 Å². The maximum atomic E-state index is 10.6. The SMILES string of the molecule is CCCCCCCCCCCC(C(=O)O)C(=O)O.[H-].[Na+]. The fourth-order valence-electron chi connectivity index (χ4n) is 2.01. The van der Waals surface area contributed by atoms with Crippen LogP contribution in [0.15, 0.2) is 0 Å². The number of hydrogen-bond donors (Lipinski definition) is 2. The molecule has 0 radical (unpaired) electrons. The van der Waals surface area contributed by atoms with E-state index in [0.717, 1.165) is 12.8 Å². The van der Waals surface area contributed by atoms with Gasteiger partial charge in [-0.1, -0.05) is 64.7 Å². The van der Waals surface area contributed by atoms with Crippen LogP contribution in [0, 0.1) is 5.92 Å². The number of carbonyl (C=O) groups is 2. The van der Waals surface area contributed by atoms with E-state index in [-0.39, 0.29) is 37.4 Å². The zero-order chi connectivity index (χ0) is 13.8. The molecule has 0 amide bonds. The molecular formula is C14H27NaO4. The van der Waals surface area contributed by atoms with Gasteiger partial charge in [0.1, 0.15) is 0 Å². The Morgan fingerprint density at radius 1 is 0.842 bits per heavy atom. The molecule has 0 aliphatic carbocycles. The fraction of sp³-hybridized carbons (Fsp3) is 0.857. The molecule has 0 atom stereocenters. The Kier molecular flexibility index (Phi) is 16.0. The Labute approximate surface area is 139 Å². The first-order valence-electron chi connectivity index (χ1n) is 7.05. The van der Waals surface area contributed by atoms with Crippen molar-refractivity contribution in [3.8, 4) is 0 Å². The van der Waals surface area contributed by atoms with E-state index in [1.54, 1.807) is 0 Å². The molecule has 0 aromatic carbocycles. The summed E-state index contributed by atoms with van der Waals surface area (Å²) >= 11 is 0. The molecule has 19 heavy (non-hydrogen) atoms. The van der Waals surface area contributed by atoms with Gasteiger partial charge in [-0.2, -0.15) is 0 Å². The van der Waals surface area contributed by atoms with E-state index in [4.69, 9.17) is 10.2 Å². The molecule has 5 heteroatoms. The summed E-state index contributed by atoms with van der Waals surface area (Å²) in [6.45, 7) is 2.20. The standard InChI is InChI=1S/C14H26O4.Na.H/c1-2-3-4-5-6-7-8-9-10-11-12(13(15)16)14(17)18;;/h12H,2-11H2,1H3,(H,15,16)(H,17,18);;/q;+1;-1. The normalized spacial score (nSPS) is 10.2. The van der Waals surface area contributed by atoms with E-state index in [1.807, 2.05) is 0 Å². The molecule has 0 saturated carbocycles. The van der Waals surface area contributed by atoms with Gasteiger partial charge in [0.2, 0.25) is 0 Å². The minimum absolute atomic E-state index is 0. The van der Waals surface area contributed by atoms with Crippen LogP contribution in [0.5, 0.6) is 0 Å². The maximum Gasteiger partial charge on any atom is 1.00 e. The molecule has 0 rings (SSSR count). The second kappa shape index (κ2) is 14.4. The first-order chi connectivity index (χ1) is 8.59. The predicted molar refractivity (Wildman–Crippen MR) is 71.7 cm³/mol. The number of unbranched alkanes of at least 4 members (excludes halogenated alkanes) is 8. The molecular weight excluding hydrogens is 255 g/mol. The Bertz CT molecular complexity index is 235. The summed E-state index contributed by atoms with van der Waals surface area (Å²) in [6.07, 6.45) is 10.5. The Morgan fingerprint density at radius 2 is 1.21 bits per heavy atom. The molecule has 4 nitrogen and oxygen atoms in total. The summed E-state index contributed by atoms with van der Waals surface area (Å²) in [5.74, 6) is -3.67. The van der Waals surface area contributed by atoms with Crippen molar-refractivity contribution < 1.29 is 50.8 Å². The third-order valence-corrected chi connectivity index (χ3v) is 3.19. The minimum atomic E-state index is -1.23. The topological polar surface area (TPSA) is 74.6 Å². The van der Waals surface area contributed by atoms with Crippen LogP contribution in [0.4, 0.5) is 0 Å². The molecule has 0 spiro atoms. The number of carboxylic acid groups (broad SMARTS) is 2. The average molecular weight is 282 g/mol. The van der Waals surface area contributed by atoms with E-state index < -0.39 is 17.9 Å². The third-order valence-electron chi connectivity index (χ3n) is 3.19. The van der Waals surface area contributed by atoms with Crippen molar-refractivity contribution in [2.24, 2.45) is 5.92 Å². The van der Waals surface area contributed by atoms with E-state index in [0.29, 0.717) is 6.42 Å². The second-order valence-electron chi connectivity index (χ2n) is 4.85. The van der Waals surface area contributed by atoms with Gasteiger partial charge < -0.3 is 11.6 Å². The Balaban J connectivity index is -0.00000144. The summed E-state index contributed by atoms with van der Waals surface area (Å²) in [5.41, 5.74) is 0. The van der Waals surface area contributed by atoms with Crippen molar-refractivity contribution in [1.82, 2.24) is 0 Å². The number of hydrogen-bond acceptors (Lipinski definition) is 2. The molecule has 0 heterocycles. The largest absolute Gasteiger partial charge is 1.00 e. The quantitative estimate of drug-likeness (QED) is 0.315. The van der Waals surface area contributed by atoms with Crippen LogP contribution in [-0.2, 0) is 9.59 Å². The summed E-state index contributed by atoms with van der Waals surface area (Å²) in [4.78, 5) is 21.3. The first kappa shape index (κ1) is 21.2. The molecule has 2 N–H and O–H groups in total. The van der Waals surface area contributed by atoms with Crippen LogP contribution in [0.3, 0.4) is 0 Å². The van der Waals surface area contributed by atoms with Crippen LogP contribution < -0.4 is 29.6 Å². The molecule has 0 fully saturated rings. The molecule has 0 aliphatic rings. The summed E-state index contributed by atoms with van der Waals surface area (Å²) < 4.78 is 0. The zero-order valence-corrected chi connectivity index (χ0v) is 14.4. The van der Waals surface area contributed by atoms with Crippen molar-refractivity contribution in [2.45, 2.75) is 71.1 Å². The summed E-state index contributed by atoms with van der Waals surface area (Å²) in [7, 11) is 0. The van der Waals surface area contributed by atoms with Crippen molar-refractivity contribution in [2.75, 3.05) is 0 Å². The molecule has 0 bridgehead atoms. The van der Waals surface area contributed by atoms with E-state index in [2.05, 4.69) is 6.92 Å². The number of aliphatic carboxylic acids is 2. The van der Waals surface area contributed by atoms with Crippen molar-refractivity contribution in [3.63, 3.8) is 0 Å². The van der Waals surface area contributed by atoms with Crippen molar-refractivity contribution in [3.05, 3.63) is 0 Å². The van der Waals surface area contributed by atoms with Gasteiger partial charge >= 0.3 is 41.5 Å². The van der Waals surface area contributed by atoms with Gasteiger partial charge in [0.15, 0.2) is 5.92 Å². The van der Waals surface area contributed by atoms with E-state index in [9.17, 15) is 9.59 Å². The minimum Gasteiger partial charge on any atom is -1.00 e. The van der Waals surface area contributed by atoms with Gasteiger partial charge in [-0.05, 0) is 6.42 Å². The first-order valence-corrected chi connectivity index (χ1v) is 7.05. The molecule has 0 aliphatic heterocycles. The number of rotatable bonds is 12. The van der Waals surface area contributed by atoms with Crippen LogP contribution in [0.25, 0.3) is 0 Å². The molecule has 108 valence electrons. The smallest absolute Gasteiger partial charge is 1.00 e. The van der Waals surface area contributed by atoms with Gasteiger partial charge in [0.05, 0.1) is 0 Å². The molecule has 0 saturated heterocycles. The van der Waals surface area contributed by atoms with E-state index >= 15 is 0 Å². The van der Waals surface area contributed by atoms with Crippen molar-refractivity contribution >= 4 is 11.9 Å². The fourth-order valence-corrected chi connectivity index (χ4v) is 2.01. The van der Waals surface area contributed by atoms with Crippen LogP contribution >= 0.6 is 0 Å². The van der Waals surface area contributed by atoms with Crippen molar-refractivity contribution in [1.29, 1.82) is 0 Å². The third kappa shape index (κ3) is 12.7. The number of carboxylic acids is 2. The zero-order valence-electron chi connectivity index (χ0n) is 13.4. The Morgan fingerprint density at radius 3 is 1.58 bits per heavy atom. The summed E-state index contributed by atoms with van der Waals surface area (Å²) in [6, 6.07) is 0. The second-order valence-corrected chi connectivity index (χ2v) is 4.85. The van der Waals surface area contributed by atoms with Crippen LogP contribution in [0.1, 0.15) is 72.6 Å². The monoisotopic (exact) mass is 282 g/mol. The van der Waals surface area contributed by atoms with Crippen LogP contribution in [-0.4, -0.2) is 22.2 Å². The van der Waals surface area contributed by atoms with Gasteiger partial charge in [-0.15, -0.1) is 0 Å². The Hall–Kier alpha value is -0.0600. The van der Waals surface area contributed by atoms with Gasteiger partial charge in [-0.25, -0.2) is 0 Å². The van der Waals surface area contributed by atoms with E-state index in [1.165, 1.54) is 38.5 Å². The summed E-state index contributed by atoms with van der Waals surface area (Å²) in [5, 5.41) is 17.4. The average Bonchev–Trinajstić information content (AvgIpc) is 2.30. The molecule has 0 aromatic heterocycles. The molecule has 0 aromatic rings. The van der Waals surface area contributed by atoms with Crippen LogP contribution in [0.2, 0.25) is 0 Å². The van der Waals surface area contributed by atoms with Gasteiger partial charge in [0.25, 0.3) is 0 Å². The molecule has 0 unspecified atom stereocenters. The predicted octanol–water partition coefficient (Wildman–Crippen LogP) is 0.809.